The van der Waals surface area contributed by atoms with Gasteiger partial charge in [0.2, 0.25) is 0 Å². The molecule has 0 spiro atoms. The lowest BCUT2D eigenvalue weighted by Crippen LogP contribution is -2.38. The maximum Gasteiger partial charge on any atom is 0.268 e. The van der Waals surface area contributed by atoms with E-state index < -0.39 is 0 Å². The van der Waals surface area contributed by atoms with Crippen molar-refractivity contribution in [3.05, 3.63) is 22.5 Å². The number of carbonyl (C=O) groups excluding carboxylic acids is 2. The highest BCUT2D eigenvalue weighted by Gasteiger charge is 2.21. The minimum absolute atomic E-state index is 0.0217. The fourth-order valence-electron chi connectivity index (χ4n) is 2.06. The summed E-state index contributed by atoms with van der Waals surface area (Å²) in [7, 11) is 0. The summed E-state index contributed by atoms with van der Waals surface area (Å²) in [6.45, 7) is 7.47. The number of carbonyl (C=O) groups is 2. The van der Waals surface area contributed by atoms with E-state index in [1.165, 1.54) is 6.92 Å². The van der Waals surface area contributed by atoms with Gasteiger partial charge in [0, 0.05) is 23.8 Å². The number of aryl methyl sites for hydroxylation is 1. The van der Waals surface area contributed by atoms with Crippen molar-refractivity contribution in [2.75, 3.05) is 6.54 Å². The number of ketones is 1. The Hall–Kier alpha value is -1.62. The number of Topliss-reactive ketones (excluding diaryl/α,β-unsaturated/α-hetero) is 1. The number of hydrogen-bond acceptors (Lipinski definition) is 3. The van der Waals surface area contributed by atoms with Crippen LogP contribution in [0.15, 0.2) is 0 Å². The molecule has 1 heterocycles. The molecular formula is C13H21N3O2. The first kappa shape index (κ1) is 14.4. The predicted molar refractivity (Wildman–Crippen MR) is 70.9 cm³/mol. The number of aromatic nitrogens is 1. The second-order valence-electron chi connectivity index (χ2n) is 4.50. The van der Waals surface area contributed by atoms with Gasteiger partial charge in [-0.05, 0) is 32.8 Å². The van der Waals surface area contributed by atoms with Crippen LogP contribution in [0.2, 0.25) is 0 Å². The van der Waals surface area contributed by atoms with Crippen LogP contribution in [0.25, 0.3) is 0 Å². The van der Waals surface area contributed by atoms with Crippen LogP contribution in [-0.2, 0) is 6.42 Å². The zero-order chi connectivity index (χ0) is 13.9. The Balaban J connectivity index is 3.13. The molecule has 1 aromatic heterocycles. The Kier molecular flexibility index (Phi) is 4.67. The fraction of sp³-hybridized carbons (Fsp3) is 0.538. The zero-order valence-electron chi connectivity index (χ0n) is 11.4. The first-order valence-corrected chi connectivity index (χ1v) is 6.15. The largest absolute Gasteiger partial charge is 0.354 e. The highest BCUT2D eigenvalue weighted by Crippen LogP contribution is 2.20. The van der Waals surface area contributed by atoms with Gasteiger partial charge in [-0.15, -0.1) is 0 Å². The number of rotatable bonds is 5. The molecule has 1 amide bonds. The molecule has 0 unspecified atom stereocenters. The summed E-state index contributed by atoms with van der Waals surface area (Å²) in [5.74, 6) is -0.230. The average Bonchev–Trinajstić information content (AvgIpc) is 2.65. The molecule has 0 bridgehead atoms. The van der Waals surface area contributed by atoms with E-state index in [-0.39, 0.29) is 17.7 Å². The first-order chi connectivity index (χ1) is 8.42. The molecule has 0 aromatic carbocycles. The van der Waals surface area contributed by atoms with E-state index in [1.807, 2.05) is 13.8 Å². The van der Waals surface area contributed by atoms with Crippen molar-refractivity contribution in [1.82, 2.24) is 10.3 Å². The average molecular weight is 251 g/mol. The molecule has 1 rings (SSSR count). The van der Waals surface area contributed by atoms with Crippen molar-refractivity contribution in [3.8, 4) is 0 Å². The zero-order valence-corrected chi connectivity index (χ0v) is 11.4. The molecule has 0 aliphatic carbocycles. The number of nitrogens with two attached hydrogens (primary N) is 1. The van der Waals surface area contributed by atoms with Crippen molar-refractivity contribution in [2.24, 2.45) is 5.73 Å². The summed E-state index contributed by atoms with van der Waals surface area (Å²) in [6.07, 6.45) is 0.638. The second-order valence-corrected chi connectivity index (χ2v) is 4.50. The standard InChI is InChI=1S/C13H21N3O2/c1-5-10-11(9(4)17)8(3)16-12(10)13(18)15-7(2)6-14/h7,16H,5-6,14H2,1-4H3,(H,15,18)/t7-/m0/s1. The van der Waals surface area contributed by atoms with Gasteiger partial charge in [-0.3, -0.25) is 9.59 Å². The second kappa shape index (κ2) is 5.82. The molecule has 0 aliphatic heterocycles. The summed E-state index contributed by atoms with van der Waals surface area (Å²) in [4.78, 5) is 26.7. The highest BCUT2D eigenvalue weighted by molar-refractivity contribution is 6.02. The van der Waals surface area contributed by atoms with Crippen LogP contribution < -0.4 is 11.1 Å². The third-order valence-corrected chi connectivity index (χ3v) is 2.95. The quantitative estimate of drug-likeness (QED) is 0.686. The summed E-state index contributed by atoms with van der Waals surface area (Å²) >= 11 is 0. The molecule has 4 N–H and O–H groups in total. The maximum atomic E-state index is 12.1. The molecule has 18 heavy (non-hydrogen) atoms. The summed E-state index contributed by atoms with van der Waals surface area (Å²) in [5.41, 5.74) is 8.09. The van der Waals surface area contributed by atoms with Crippen molar-refractivity contribution in [1.29, 1.82) is 0 Å². The molecule has 0 fully saturated rings. The molecule has 1 atom stereocenters. The van der Waals surface area contributed by atoms with E-state index in [1.54, 1.807) is 6.92 Å². The van der Waals surface area contributed by atoms with E-state index in [2.05, 4.69) is 10.3 Å². The summed E-state index contributed by atoms with van der Waals surface area (Å²) in [5, 5.41) is 2.79. The van der Waals surface area contributed by atoms with Gasteiger partial charge in [0.05, 0.1) is 0 Å². The van der Waals surface area contributed by atoms with Gasteiger partial charge in [-0.25, -0.2) is 0 Å². The minimum Gasteiger partial charge on any atom is -0.354 e. The van der Waals surface area contributed by atoms with Gasteiger partial charge in [0.25, 0.3) is 5.91 Å². The molecular weight excluding hydrogens is 230 g/mol. The van der Waals surface area contributed by atoms with Crippen molar-refractivity contribution in [2.45, 2.75) is 40.2 Å². The van der Waals surface area contributed by atoms with Crippen LogP contribution in [0.5, 0.6) is 0 Å². The van der Waals surface area contributed by atoms with Crippen molar-refractivity contribution >= 4 is 11.7 Å². The molecule has 0 aliphatic rings. The van der Waals surface area contributed by atoms with Gasteiger partial charge in [0.1, 0.15) is 5.69 Å². The van der Waals surface area contributed by atoms with Crippen LogP contribution in [0.4, 0.5) is 0 Å². The molecule has 0 saturated heterocycles. The van der Waals surface area contributed by atoms with E-state index in [0.29, 0.717) is 24.2 Å². The number of nitrogens with one attached hydrogen (secondary N) is 2. The molecule has 5 heteroatoms. The lowest BCUT2D eigenvalue weighted by Gasteiger charge is -2.11. The van der Waals surface area contributed by atoms with Gasteiger partial charge >= 0.3 is 0 Å². The van der Waals surface area contributed by atoms with Gasteiger partial charge in [0.15, 0.2) is 5.78 Å². The number of aromatic amines is 1. The molecule has 0 radical (unpaired) electrons. The van der Waals surface area contributed by atoms with Gasteiger partial charge < -0.3 is 16.0 Å². The van der Waals surface area contributed by atoms with E-state index in [9.17, 15) is 9.59 Å². The van der Waals surface area contributed by atoms with Gasteiger partial charge in [-0.2, -0.15) is 0 Å². The lowest BCUT2D eigenvalue weighted by molar-refractivity contribution is 0.0935. The Labute approximate surface area is 107 Å². The van der Waals surface area contributed by atoms with Crippen LogP contribution in [0.1, 0.15) is 52.9 Å². The monoisotopic (exact) mass is 251 g/mol. The Morgan fingerprint density at radius 3 is 2.50 bits per heavy atom. The Morgan fingerprint density at radius 1 is 1.44 bits per heavy atom. The van der Waals surface area contributed by atoms with Crippen LogP contribution in [0.3, 0.4) is 0 Å². The third-order valence-electron chi connectivity index (χ3n) is 2.95. The fourth-order valence-corrected chi connectivity index (χ4v) is 2.06. The summed E-state index contributed by atoms with van der Waals surface area (Å²) < 4.78 is 0. The van der Waals surface area contributed by atoms with Gasteiger partial charge in [-0.1, -0.05) is 6.92 Å². The molecule has 100 valence electrons. The normalized spacial score (nSPS) is 12.3. The van der Waals surface area contributed by atoms with Crippen molar-refractivity contribution < 1.29 is 9.59 Å². The Morgan fingerprint density at radius 2 is 2.06 bits per heavy atom. The molecule has 1 aromatic rings. The Bertz CT molecular complexity index is 463. The smallest absolute Gasteiger partial charge is 0.268 e. The van der Waals surface area contributed by atoms with Crippen LogP contribution in [-0.4, -0.2) is 29.3 Å². The molecule has 5 nitrogen and oxygen atoms in total. The topological polar surface area (TPSA) is 88.0 Å². The maximum absolute atomic E-state index is 12.1. The van der Waals surface area contributed by atoms with E-state index in [0.717, 1.165) is 11.3 Å². The van der Waals surface area contributed by atoms with E-state index in [4.69, 9.17) is 5.73 Å². The number of amides is 1. The van der Waals surface area contributed by atoms with Crippen LogP contribution in [0, 0.1) is 6.92 Å². The lowest BCUT2D eigenvalue weighted by atomic mass is 10.0. The van der Waals surface area contributed by atoms with E-state index >= 15 is 0 Å². The predicted octanol–water partition coefficient (Wildman–Crippen LogP) is 1.17. The highest BCUT2D eigenvalue weighted by atomic mass is 16.2. The summed E-state index contributed by atoms with van der Waals surface area (Å²) in [6, 6.07) is -0.0911. The first-order valence-electron chi connectivity index (χ1n) is 6.15. The third kappa shape index (κ3) is 2.79. The molecule has 0 saturated carbocycles. The number of hydrogen-bond donors (Lipinski definition) is 3. The SMILES string of the molecule is CCc1c(C(=O)N[C@@H](C)CN)[nH]c(C)c1C(C)=O. The van der Waals surface area contributed by atoms with Crippen molar-refractivity contribution in [3.63, 3.8) is 0 Å². The minimum atomic E-state index is -0.208. The van der Waals surface area contributed by atoms with Crippen LogP contribution >= 0.6 is 0 Å². The number of H-pyrrole nitrogens is 1.